The van der Waals surface area contributed by atoms with Crippen LogP contribution in [0.1, 0.15) is 50.8 Å². The zero-order chi connectivity index (χ0) is 16.9. The molecule has 1 atom stereocenters. The minimum Gasteiger partial charge on any atom is -0.481 e. The van der Waals surface area contributed by atoms with Crippen LogP contribution in [0.5, 0.6) is 0 Å². The second-order valence-electron chi connectivity index (χ2n) is 5.77. The van der Waals surface area contributed by atoms with E-state index >= 15 is 0 Å². The average Bonchev–Trinajstić information content (AvgIpc) is 2.35. The molecule has 0 saturated carbocycles. The molecule has 0 spiro atoms. The van der Waals surface area contributed by atoms with Gasteiger partial charge in [0.25, 0.3) is 6.43 Å². The van der Waals surface area contributed by atoms with E-state index in [1.807, 2.05) is 0 Å². The molecule has 0 bridgehead atoms. The first-order chi connectivity index (χ1) is 10.1. The van der Waals surface area contributed by atoms with E-state index in [1.54, 1.807) is 20.8 Å². The number of carbonyl (C=O) groups excluding carboxylic acids is 1. The average molecular weight is 315 g/mol. The van der Waals surface area contributed by atoms with Crippen molar-refractivity contribution in [2.24, 2.45) is 0 Å². The predicted octanol–water partition coefficient (Wildman–Crippen LogP) is 3.66. The zero-order valence-electron chi connectivity index (χ0n) is 12.6. The predicted molar refractivity (Wildman–Crippen MR) is 75.8 cm³/mol. The number of carboxylic acid groups (broad SMARTS) is 1. The first kappa shape index (κ1) is 17.9. The fraction of sp³-hybridized carbons (Fsp3) is 0.467. The second kappa shape index (κ2) is 7.20. The maximum Gasteiger partial charge on any atom is 0.408 e. The van der Waals surface area contributed by atoms with Crippen LogP contribution >= 0.6 is 0 Å². The summed E-state index contributed by atoms with van der Waals surface area (Å²) in [6.07, 6.45) is -3.92. The number of alkyl carbamates (subject to hydrolysis) is 1. The first-order valence-electron chi connectivity index (χ1n) is 6.68. The molecule has 0 radical (unpaired) electrons. The van der Waals surface area contributed by atoms with Crippen LogP contribution in [0.15, 0.2) is 24.3 Å². The topological polar surface area (TPSA) is 75.6 Å². The Morgan fingerprint density at radius 1 is 1.27 bits per heavy atom. The van der Waals surface area contributed by atoms with Crippen molar-refractivity contribution in [3.63, 3.8) is 0 Å². The van der Waals surface area contributed by atoms with Crippen molar-refractivity contribution in [1.82, 2.24) is 5.32 Å². The van der Waals surface area contributed by atoms with Gasteiger partial charge in [-0.1, -0.05) is 18.2 Å². The fourth-order valence-electron chi connectivity index (χ4n) is 1.79. The van der Waals surface area contributed by atoms with Crippen LogP contribution in [0.2, 0.25) is 0 Å². The molecule has 0 saturated heterocycles. The van der Waals surface area contributed by atoms with Gasteiger partial charge >= 0.3 is 12.1 Å². The lowest BCUT2D eigenvalue weighted by atomic mass is 10.0. The number of carbonyl (C=O) groups is 2. The molecule has 2 N–H and O–H groups in total. The number of carboxylic acids is 1. The standard InChI is InChI=1S/C15H19F2NO4/c1-15(2,3)22-14(21)18-11(8-12(19)20)9-5-4-6-10(7-9)13(16)17/h4-7,11,13H,8H2,1-3H3,(H,18,21)(H,19,20)/t11-/m0/s1. The van der Waals surface area contributed by atoms with Crippen LogP contribution in [0.3, 0.4) is 0 Å². The molecule has 0 aliphatic carbocycles. The monoisotopic (exact) mass is 315 g/mol. The third kappa shape index (κ3) is 6.07. The third-order valence-electron chi connectivity index (χ3n) is 2.63. The number of alkyl halides is 2. The highest BCUT2D eigenvalue weighted by molar-refractivity contribution is 5.72. The van der Waals surface area contributed by atoms with Gasteiger partial charge in [-0.15, -0.1) is 0 Å². The first-order valence-corrected chi connectivity index (χ1v) is 6.68. The Kier molecular flexibility index (Phi) is 5.84. The molecule has 122 valence electrons. The van der Waals surface area contributed by atoms with E-state index < -0.39 is 36.6 Å². The second-order valence-corrected chi connectivity index (χ2v) is 5.77. The summed E-state index contributed by atoms with van der Waals surface area (Å²) in [6.45, 7) is 4.99. The van der Waals surface area contributed by atoms with Gasteiger partial charge < -0.3 is 15.2 Å². The molecule has 0 unspecified atom stereocenters. The van der Waals surface area contributed by atoms with E-state index in [-0.39, 0.29) is 11.1 Å². The van der Waals surface area contributed by atoms with Crippen molar-refractivity contribution in [2.75, 3.05) is 0 Å². The molecule has 1 amide bonds. The molecule has 5 nitrogen and oxygen atoms in total. The van der Waals surface area contributed by atoms with Gasteiger partial charge in [0, 0.05) is 5.56 Å². The van der Waals surface area contributed by atoms with Crippen LogP contribution in [0.25, 0.3) is 0 Å². The normalized spacial score (nSPS) is 12.8. The van der Waals surface area contributed by atoms with Crippen molar-refractivity contribution in [1.29, 1.82) is 0 Å². The number of rotatable bonds is 5. The van der Waals surface area contributed by atoms with Crippen LogP contribution in [-0.4, -0.2) is 22.8 Å². The van der Waals surface area contributed by atoms with Gasteiger partial charge in [-0.25, -0.2) is 13.6 Å². The summed E-state index contributed by atoms with van der Waals surface area (Å²) < 4.78 is 30.5. The summed E-state index contributed by atoms with van der Waals surface area (Å²) in [5.74, 6) is -1.16. The molecule has 1 aromatic carbocycles. The third-order valence-corrected chi connectivity index (χ3v) is 2.63. The van der Waals surface area contributed by atoms with E-state index in [0.29, 0.717) is 0 Å². The lowest BCUT2D eigenvalue weighted by Crippen LogP contribution is -2.35. The van der Waals surface area contributed by atoms with Crippen LogP contribution in [0, 0.1) is 0 Å². The fourth-order valence-corrected chi connectivity index (χ4v) is 1.79. The van der Waals surface area contributed by atoms with Crippen molar-refractivity contribution in [3.05, 3.63) is 35.4 Å². The number of aliphatic carboxylic acids is 1. The van der Waals surface area contributed by atoms with Crippen LogP contribution < -0.4 is 5.32 Å². The molecule has 7 heteroatoms. The summed E-state index contributed by atoms with van der Waals surface area (Å²) >= 11 is 0. The van der Waals surface area contributed by atoms with Gasteiger partial charge in [-0.3, -0.25) is 4.79 Å². The van der Waals surface area contributed by atoms with Gasteiger partial charge in [0.1, 0.15) is 5.60 Å². The summed E-state index contributed by atoms with van der Waals surface area (Å²) in [5.41, 5.74) is -0.701. The molecular formula is C15H19F2NO4. The number of ether oxygens (including phenoxy) is 1. The Balaban J connectivity index is 2.95. The molecule has 0 heterocycles. The molecule has 0 aliphatic heterocycles. The van der Waals surface area contributed by atoms with Gasteiger partial charge in [-0.05, 0) is 32.4 Å². The Labute approximate surface area is 127 Å². The largest absolute Gasteiger partial charge is 0.481 e. The van der Waals surface area contributed by atoms with E-state index in [9.17, 15) is 18.4 Å². The van der Waals surface area contributed by atoms with Gasteiger partial charge in [0.15, 0.2) is 0 Å². The Hall–Kier alpha value is -2.18. The minimum atomic E-state index is -2.67. The van der Waals surface area contributed by atoms with Crippen molar-refractivity contribution in [2.45, 2.75) is 45.3 Å². The molecule has 1 rings (SSSR count). The van der Waals surface area contributed by atoms with Gasteiger partial charge in [0.05, 0.1) is 12.5 Å². The highest BCUT2D eigenvalue weighted by Gasteiger charge is 2.23. The quantitative estimate of drug-likeness (QED) is 0.869. The number of halogens is 2. The SMILES string of the molecule is CC(C)(C)OC(=O)N[C@@H](CC(=O)O)c1cccc(C(F)F)c1. The van der Waals surface area contributed by atoms with Crippen molar-refractivity contribution < 1.29 is 28.2 Å². The number of benzene rings is 1. The number of hydrogen-bond acceptors (Lipinski definition) is 3. The Bertz CT molecular complexity index is 541. The summed E-state index contributed by atoms with van der Waals surface area (Å²) in [6, 6.07) is 4.33. The zero-order valence-corrected chi connectivity index (χ0v) is 12.6. The molecule has 1 aromatic rings. The van der Waals surface area contributed by atoms with E-state index in [1.165, 1.54) is 24.3 Å². The van der Waals surface area contributed by atoms with E-state index in [0.717, 1.165) is 0 Å². The van der Waals surface area contributed by atoms with Crippen LogP contribution in [-0.2, 0) is 9.53 Å². The summed E-state index contributed by atoms with van der Waals surface area (Å²) in [5, 5.41) is 11.3. The molecule has 22 heavy (non-hydrogen) atoms. The smallest absolute Gasteiger partial charge is 0.408 e. The summed E-state index contributed by atoms with van der Waals surface area (Å²) in [7, 11) is 0. The number of nitrogens with one attached hydrogen (secondary N) is 1. The molecule has 0 aromatic heterocycles. The lowest BCUT2D eigenvalue weighted by Gasteiger charge is -2.23. The van der Waals surface area contributed by atoms with Gasteiger partial charge in [-0.2, -0.15) is 0 Å². The van der Waals surface area contributed by atoms with E-state index in [4.69, 9.17) is 9.84 Å². The number of amides is 1. The molecule has 0 fully saturated rings. The number of hydrogen-bond donors (Lipinski definition) is 2. The molecular weight excluding hydrogens is 296 g/mol. The van der Waals surface area contributed by atoms with Crippen LogP contribution in [0.4, 0.5) is 13.6 Å². The minimum absolute atomic E-state index is 0.237. The highest BCUT2D eigenvalue weighted by atomic mass is 19.3. The summed E-state index contributed by atoms with van der Waals surface area (Å²) in [4.78, 5) is 22.7. The molecule has 0 aliphatic rings. The maximum absolute atomic E-state index is 12.7. The maximum atomic E-state index is 12.7. The Morgan fingerprint density at radius 2 is 1.86 bits per heavy atom. The Morgan fingerprint density at radius 3 is 2.36 bits per heavy atom. The lowest BCUT2D eigenvalue weighted by molar-refractivity contribution is -0.137. The van der Waals surface area contributed by atoms with Crippen molar-refractivity contribution in [3.8, 4) is 0 Å². The highest BCUT2D eigenvalue weighted by Crippen LogP contribution is 2.24. The van der Waals surface area contributed by atoms with Crippen molar-refractivity contribution >= 4 is 12.1 Å². The van der Waals surface area contributed by atoms with Gasteiger partial charge in [0.2, 0.25) is 0 Å². The van der Waals surface area contributed by atoms with E-state index in [2.05, 4.69) is 5.32 Å².